The molecule has 1 aliphatic heterocycles. The van der Waals surface area contributed by atoms with Gasteiger partial charge in [-0.05, 0) is 26.0 Å². The molecule has 1 aromatic heterocycles. The number of rotatable bonds is 1. The molecule has 0 saturated carbocycles. The average molecular weight is 284 g/mol. The fraction of sp³-hybridized carbons (Fsp3) is 0.375. The third-order valence-electron chi connectivity index (χ3n) is 3.96. The molecule has 5 nitrogen and oxygen atoms in total. The standard InChI is InChI=1S/C16H20N4O/c1-11-10-14(21-4)17-16-15(19(11)3)12(2)18-20(16)13-8-6-5-7-9-13/h5-9,11H,10H2,1-4H3. The normalized spacial score (nSPS) is 18.0. The number of fused-ring (bicyclic) bond motifs is 1. The molecular weight excluding hydrogens is 264 g/mol. The zero-order valence-electron chi connectivity index (χ0n) is 12.9. The second-order valence-corrected chi connectivity index (χ2v) is 5.38. The van der Waals surface area contributed by atoms with E-state index < -0.39 is 0 Å². The van der Waals surface area contributed by atoms with Gasteiger partial charge in [0.05, 0.1) is 18.5 Å². The summed E-state index contributed by atoms with van der Waals surface area (Å²) in [4.78, 5) is 6.94. The summed E-state index contributed by atoms with van der Waals surface area (Å²) in [7, 11) is 3.76. The lowest BCUT2D eigenvalue weighted by molar-refractivity contribution is 0.385. The maximum absolute atomic E-state index is 5.43. The quantitative estimate of drug-likeness (QED) is 0.808. The maximum Gasteiger partial charge on any atom is 0.191 e. The number of benzene rings is 1. The van der Waals surface area contributed by atoms with Gasteiger partial charge in [-0.3, -0.25) is 0 Å². The van der Waals surface area contributed by atoms with Gasteiger partial charge in [-0.1, -0.05) is 18.2 Å². The zero-order chi connectivity index (χ0) is 15.0. The van der Waals surface area contributed by atoms with Crippen LogP contribution in [0, 0.1) is 6.92 Å². The lowest BCUT2D eigenvalue weighted by Crippen LogP contribution is -2.30. The SMILES string of the molecule is COC1=Nc2c(c(C)nn2-c2ccccc2)N(C)C(C)C1. The van der Waals surface area contributed by atoms with Gasteiger partial charge in [0.1, 0.15) is 5.69 Å². The summed E-state index contributed by atoms with van der Waals surface area (Å²) in [5.74, 6) is 1.58. The van der Waals surface area contributed by atoms with E-state index in [1.165, 1.54) is 0 Å². The van der Waals surface area contributed by atoms with E-state index in [2.05, 4.69) is 24.0 Å². The van der Waals surface area contributed by atoms with Crippen molar-refractivity contribution in [2.45, 2.75) is 26.3 Å². The Morgan fingerprint density at radius 3 is 2.62 bits per heavy atom. The Kier molecular flexibility index (Phi) is 3.41. The number of methoxy groups -OCH3 is 1. The van der Waals surface area contributed by atoms with Gasteiger partial charge in [0.2, 0.25) is 0 Å². The van der Waals surface area contributed by atoms with Crippen molar-refractivity contribution in [2.75, 3.05) is 19.1 Å². The summed E-state index contributed by atoms with van der Waals surface area (Å²) in [5.41, 5.74) is 3.05. The van der Waals surface area contributed by atoms with E-state index >= 15 is 0 Å². The summed E-state index contributed by atoms with van der Waals surface area (Å²) < 4.78 is 7.32. The predicted octanol–water partition coefficient (Wildman–Crippen LogP) is 3.09. The molecule has 0 radical (unpaired) electrons. The Morgan fingerprint density at radius 2 is 1.95 bits per heavy atom. The fourth-order valence-electron chi connectivity index (χ4n) is 2.67. The van der Waals surface area contributed by atoms with Crippen molar-refractivity contribution in [1.29, 1.82) is 0 Å². The van der Waals surface area contributed by atoms with Crippen molar-refractivity contribution < 1.29 is 4.74 Å². The second kappa shape index (κ2) is 5.24. The fourth-order valence-corrected chi connectivity index (χ4v) is 2.67. The van der Waals surface area contributed by atoms with Crippen molar-refractivity contribution in [3.05, 3.63) is 36.0 Å². The molecule has 1 unspecified atom stereocenters. The van der Waals surface area contributed by atoms with Crippen LogP contribution >= 0.6 is 0 Å². The van der Waals surface area contributed by atoms with Gasteiger partial charge in [-0.15, -0.1) is 0 Å². The molecule has 1 aromatic carbocycles. The van der Waals surface area contributed by atoms with E-state index in [1.807, 2.05) is 41.9 Å². The van der Waals surface area contributed by atoms with Crippen LogP contribution in [0.1, 0.15) is 19.0 Å². The van der Waals surface area contributed by atoms with E-state index in [4.69, 9.17) is 9.73 Å². The predicted molar refractivity (Wildman–Crippen MR) is 84.9 cm³/mol. The second-order valence-electron chi connectivity index (χ2n) is 5.38. The van der Waals surface area contributed by atoms with Crippen LogP contribution in [0.15, 0.2) is 35.3 Å². The highest BCUT2D eigenvalue weighted by Gasteiger charge is 2.27. The minimum Gasteiger partial charge on any atom is -0.484 e. The Morgan fingerprint density at radius 1 is 1.24 bits per heavy atom. The number of anilines is 1. The maximum atomic E-state index is 5.43. The topological polar surface area (TPSA) is 42.7 Å². The third-order valence-corrected chi connectivity index (χ3v) is 3.96. The number of aromatic nitrogens is 2. The van der Waals surface area contributed by atoms with Crippen LogP contribution in [0.2, 0.25) is 0 Å². The number of hydrogen-bond donors (Lipinski definition) is 0. The lowest BCUT2D eigenvalue weighted by Gasteiger charge is -2.24. The number of ether oxygens (including phenoxy) is 1. The van der Waals surface area contributed by atoms with Gasteiger partial charge < -0.3 is 9.64 Å². The number of para-hydroxylation sites is 1. The molecule has 5 heteroatoms. The van der Waals surface area contributed by atoms with E-state index in [0.29, 0.717) is 6.04 Å². The van der Waals surface area contributed by atoms with E-state index in [9.17, 15) is 0 Å². The highest BCUT2D eigenvalue weighted by atomic mass is 16.5. The molecule has 0 bridgehead atoms. The van der Waals surface area contributed by atoms with Gasteiger partial charge in [-0.25, -0.2) is 4.68 Å². The van der Waals surface area contributed by atoms with Crippen LogP contribution in [0.4, 0.5) is 11.5 Å². The Hall–Kier alpha value is -2.30. The molecule has 0 saturated heterocycles. The number of nitrogens with zero attached hydrogens (tertiary/aromatic N) is 4. The smallest absolute Gasteiger partial charge is 0.191 e. The molecule has 1 aliphatic rings. The molecule has 0 N–H and O–H groups in total. The first-order valence-electron chi connectivity index (χ1n) is 7.11. The number of hydrogen-bond acceptors (Lipinski definition) is 4. The van der Waals surface area contributed by atoms with Crippen molar-refractivity contribution in [2.24, 2.45) is 4.99 Å². The Balaban J connectivity index is 2.23. The molecule has 0 spiro atoms. The minimum absolute atomic E-state index is 0.317. The molecule has 110 valence electrons. The summed E-state index contributed by atoms with van der Waals surface area (Å²) >= 11 is 0. The van der Waals surface area contributed by atoms with Crippen molar-refractivity contribution in [3.63, 3.8) is 0 Å². The molecular formula is C16H20N4O. The van der Waals surface area contributed by atoms with Gasteiger partial charge in [0, 0.05) is 19.5 Å². The zero-order valence-corrected chi connectivity index (χ0v) is 12.9. The third kappa shape index (κ3) is 2.28. The molecule has 0 fully saturated rings. The van der Waals surface area contributed by atoms with Crippen molar-refractivity contribution in [3.8, 4) is 5.69 Å². The van der Waals surface area contributed by atoms with Crippen LogP contribution in [0.5, 0.6) is 0 Å². The van der Waals surface area contributed by atoms with E-state index in [-0.39, 0.29) is 0 Å². The molecule has 0 amide bonds. The lowest BCUT2D eigenvalue weighted by atomic mass is 10.2. The van der Waals surface area contributed by atoms with Crippen LogP contribution < -0.4 is 4.90 Å². The molecule has 2 heterocycles. The largest absolute Gasteiger partial charge is 0.484 e. The van der Waals surface area contributed by atoms with Crippen LogP contribution in [0.3, 0.4) is 0 Å². The van der Waals surface area contributed by atoms with Crippen molar-refractivity contribution in [1.82, 2.24) is 9.78 Å². The summed E-state index contributed by atoms with van der Waals surface area (Å²) in [6, 6.07) is 10.4. The molecule has 21 heavy (non-hydrogen) atoms. The van der Waals surface area contributed by atoms with Gasteiger partial charge in [0.15, 0.2) is 11.7 Å². The van der Waals surface area contributed by atoms with Gasteiger partial charge in [0.25, 0.3) is 0 Å². The average Bonchev–Trinajstić information content (AvgIpc) is 2.76. The highest BCUT2D eigenvalue weighted by molar-refractivity contribution is 5.85. The first-order chi connectivity index (χ1) is 10.1. The Labute approximate surface area is 124 Å². The van der Waals surface area contributed by atoms with Gasteiger partial charge >= 0.3 is 0 Å². The first-order valence-corrected chi connectivity index (χ1v) is 7.11. The van der Waals surface area contributed by atoms with Gasteiger partial charge in [-0.2, -0.15) is 10.1 Å². The summed E-state index contributed by atoms with van der Waals surface area (Å²) in [6.45, 7) is 4.19. The van der Waals surface area contributed by atoms with Crippen molar-refractivity contribution >= 4 is 17.4 Å². The Bertz CT molecular complexity index is 675. The summed E-state index contributed by atoms with van der Waals surface area (Å²) in [5, 5.41) is 4.67. The summed E-state index contributed by atoms with van der Waals surface area (Å²) in [6.07, 6.45) is 0.788. The monoisotopic (exact) mass is 284 g/mol. The highest BCUT2D eigenvalue weighted by Crippen LogP contribution is 2.37. The molecule has 2 aromatic rings. The molecule has 1 atom stereocenters. The minimum atomic E-state index is 0.317. The molecule has 3 rings (SSSR count). The van der Waals surface area contributed by atoms with E-state index in [1.54, 1.807) is 7.11 Å². The number of aryl methyl sites for hydroxylation is 1. The molecule has 0 aliphatic carbocycles. The van der Waals surface area contributed by atoms with Crippen LogP contribution in [-0.2, 0) is 4.74 Å². The number of aliphatic imine (C=N–C) groups is 1. The van der Waals surface area contributed by atoms with Crippen LogP contribution in [-0.4, -0.2) is 35.9 Å². The van der Waals surface area contributed by atoms with E-state index in [0.717, 1.165) is 35.2 Å². The first kappa shape index (κ1) is 13.7. The van der Waals surface area contributed by atoms with Crippen LogP contribution in [0.25, 0.3) is 5.69 Å².